The molecule has 0 aliphatic carbocycles. The second-order valence-electron chi connectivity index (χ2n) is 3.02. The van der Waals surface area contributed by atoms with Crippen molar-refractivity contribution in [3.8, 4) is 0 Å². The lowest BCUT2D eigenvalue weighted by atomic mass is 10.3. The van der Waals surface area contributed by atoms with Crippen molar-refractivity contribution < 1.29 is 9.90 Å². The quantitative estimate of drug-likeness (QED) is 0.617. The Morgan fingerprint density at radius 3 is 3.07 bits per heavy atom. The van der Waals surface area contributed by atoms with Gasteiger partial charge < -0.3 is 10.4 Å². The Morgan fingerprint density at radius 2 is 2.50 bits per heavy atom. The van der Waals surface area contributed by atoms with Gasteiger partial charge in [0.25, 0.3) is 0 Å². The zero-order chi connectivity index (χ0) is 10.4. The first kappa shape index (κ1) is 10.6. The number of aryl methyl sites for hydroxylation is 1. The third kappa shape index (κ3) is 3.53. The second kappa shape index (κ2) is 5.33. The lowest BCUT2D eigenvalue weighted by molar-refractivity contribution is -0.137. The Bertz CT molecular complexity index is 297. The second-order valence-corrected chi connectivity index (χ2v) is 3.02. The number of carboxylic acids is 1. The van der Waals surface area contributed by atoms with E-state index in [1.807, 2.05) is 7.05 Å². The van der Waals surface area contributed by atoms with Gasteiger partial charge in [-0.2, -0.15) is 0 Å². The van der Waals surface area contributed by atoms with Crippen LogP contribution in [0.4, 0.5) is 0 Å². The van der Waals surface area contributed by atoms with E-state index in [0.717, 1.165) is 5.69 Å². The Hall–Kier alpha value is -1.43. The fourth-order valence-corrected chi connectivity index (χ4v) is 1.05. The molecule has 0 aliphatic rings. The normalized spacial score (nSPS) is 10.4. The number of hydrogen-bond acceptors (Lipinski definition) is 4. The highest BCUT2D eigenvalue weighted by atomic mass is 16.4. The maximum Gasteiger partial charge on any atom is 0.303 e. The van der Waals surface area contributed by atoms with Crippen molar-refractivity contribution in [3.63, 3.8) is 0 Å². The lowest BCUT2D eigenvalue weighted by Crippen LogP contribution is -2.17. The summed E-state index contributed by atoms with van der Waals surface area (Å²) >= 11 is 0. The minimum absolute atomic E-state index is 0.205. The molecule has 0 aromatic carbocycles. The average Bonchev–Trinajstić information content (AvgIpc) is 2.51. The number of hydrogen-bond donors (Lipinski definition) is 2. The Balaban J connectivity index is 2.10. The van der Waals surface area contributed by atoms with Crippen molar-refractivity contribution in [1.82, 2.24) is 20.3 Å². The molecule has 1 rings (SSSR count). The van der Waals surface area contributed by atoms with Crippen LogP contribution in [-0.4, -0.2) is 32.6 Å². The Labute approximate surface area is 81.9 Å². The molecular weight excluding hydrogens is 184 g/mol. The largest absolute Gasteiger partial charge is 0.481 e. The van der Waals surface area contributed by atoms with Crippen molar-refractivity contribution in [1.29, 1.82) is 0 Å². The third-order valence-corrected chi connectivity index (χ3v) is 1.86. The van der Waals surface area contributed by atoms with Gasteiger partial charge in [-0.25, -0.2) is 0 Å². The van der Waals surface area contributed by atoms with E-state index in [1.54, 1.807) is 10.9 Å². The third-order valence-electron chi connectivity index (χ3n) is 1.86. The van der Waals surface area contributed by atoms with Crippen molar-refractivity contribution in [3.05, 3.63) is 11.9 Å². The minimum Gasteiger partial charge on any atom is -0.481 e. The molecule has 0 radical (unpaired) electrons. The standard InChI is InChI=1S/C8H14N4O2/c1-12-7(6-10-11-12)5-9-4-2-3-8(13)14/h6,9H,2-5H2,1H3,(H,13,14). The first-order valence-corrected chi connectivity index (χ1v) is 4.46. The summed E-state index contributed by atoms with van der Waals surface area (Å²) < 4.78 is 1.68. The number of nitrogens with zero attached hydrogens (tertiary/aromatic N) is 3. The SMILES string of the molecule is Cn1nncc1CNCCCC(=O)O. The number of carboxylic acid groups (broad SMARTS) is 1. The smallest absolute Gasteiger partial charge is 0.303 e. The maximum absolute atomic E-state index is 10.2. The van der Waals surface area contributed by atoms with Crippen LogP contribution in [-0.2, 0) is 18.4 Å². The highest BCUT2D eigenvalue weighted by Crippen LogP contribution is 1.92. The van der Waals surface area contributed by atoms with Crippen molar-refractivity contribution >= 4 is 5.97 Å². The molecule has 0 aliphatic heterocycles. The van der Waals surface area contributed by atoms with Crippen molar-refractivity contribution in [2.75, 3.05) is 6.54 Å². The molecule has 78 valence electrons. The molecule has 1 heterocycles. The molecule has 1 aromatic heterocycles. The van der Waals surface area contributed by atoms with Gasteiger partial charge in [0.15, 0.2) is 0 Å². The lowest BCUT2D eigenvalue weighted by Gasteiger charge is -2.02. The fourth-order valence-electron chi connectivity index (χ4n) is 1.05. The Kier molecular flexibility index (Phi) is 4.06. The van der Waals surface area contributed by atoms with E-state index < -0.39 is 5.97 Å². The van der Waals surface area contributed by atoms with Crippen LogP contribution in [0.3, 0.4) is 0 Å². The summed E-state index contributed by atoms with van der Waals surface area (Å²) in [5, 5.41) is 19.0. The van der Waals surface area contributed by atoms with Crippen molar-refractivity contribution in [2.24, 2.45) is 7.05 Å². The molecule has 0 atom stereocenters. The highest BCUT2D eigenvalue weighted by molar-refractivity contribution is 5.66. The van der Waals surface area contributed by atoms with Crippen LogP contribution in [0.15, 0.2) is 6.20 Å². The summed E-state index contributed by atoms with van der Waals surface area (Å²) in [5.74, 6) is -0.756. The number of nitrogens with one attached hydrogen (secondary N) is 1. The van der Waals surface area contributed by atoms with Gasteiger partial charge in [0.1, 0.15) is 0 Å². The van der Waals surface area contributed by atoms with Crippen LogP contribution in [0.25, 0.3) is 0 Å². The predicted octanol–water partition coefficient (Wildman–Crippen LogP) is -0.231. The molecule has 6 heteroatoms. The predicted molar refractivity (Wildman–Crippen MR) is 49.6 cm³/mol. The maximum atomic E-state index is 10.2. The van der Waals surface area contributed by atoms with E-state index in [9.17, 15) is 4.79 Å². The van der Waals surface area contributed by atoms with Crippen LogP contribution in [0.2, 0.25) is 0 Å². The molecule has 1 aromatic rings. The first-order chi connectivity index (χ1) is 6.70. The van der Waals surface area contributed by atoms with E-state index >= 15 is 0 Å². The van der Waals surface area contributed by atoms with E-state index in [0.29, 0.717) is 19.5 Å². The summed E-state index contributed by atoms with van der Waals surface area (Å²) in [5.41, 5.74) is 0.986. The Morgan fingerprint density at radius 1 is 1.71 bits per heavy atom. The van der Waals surface area contributed by atoms with Gasteiger partial charge in [-0.15, -0.1) is 5.10 Å². The molecule has 14 heavy (non-hydrogen) atoms. The van der Waals surface area contributed by atoms with Gasteiger partial charge >= 0.3 is 5.97 Å². The molecular formula is C8H14N4O2. The summed E-state index contributed by atoms with van der Waals surface area (Å²) in [6, 6.07) is 0. The molecule has 0 spiro atoms. The van der Waals surface area contributed by atoms with Gasteiger partial charge in [0.05, 0.1) is 11.9 Å². The van der Waals surface area contributed by atoms with E-state index in [2.05, 4.69) is 15.6 Å². The van der Waals surface area contributed by atoms with Gasteiger partial charge in [-0.3, -0.25) is 9.48 Å². The van der Waals surface area contributed by atoms with Gasteiger partial charge in [0, 0.05) is 20.0 Å². The minimum atomic E-state index is -0.756. The van der Waals surface area contributed by atoms with E-state index in [4.69, 9.17) is 5.11 Å². The van der Waals surface area contributed by atoms with E-state index in [-0.39, 0.29) is 6.42 Å². The topological polar surface area (TPSA) is 80.0 Å². The number of rotatable bonds is 6. The fraction of sp³-hybridized carbons (Fsp3) is 0.625. The zero-order valence-corrected chi connectivity index (χ0v) is 8.10. The zero-order valence-electron chi connectivity index (χ0n) is 8.10. The molecule has 0 saturated heterocycles. The van der Waals surface area contributed by atoms with E-state index in [1.165, 1.54) is 0 Å². The van der Waals surface area contributed by atoms with Crippen LogP contribution in [0.1, 0.15) is 18.5 Å². The molecule has 0 saturated carbocycles. The first-order valence-electron chi connectivity index (χ1n) is 4.46. The van der Waals surface area contributed by atoms with Crippen LogP contribution in [0, 0.1) is 0 Å². The van der Waals surface area contributed by atoms with Crippen LogP contribution >= 0.6 is 0 Å². The van der Waals surface area contributed by atoms with Gasteiger partial charge in [0.2, 0.25) is 0 Å². The molecule has 0 bridgehead atoms. The highest BCUT2D eigenvalue weighted by Gasteiger charge is 1.99. The van der Waals surface area contributed by atoms with Gasteiger partial charge in [-0.05, 0) is 13.0 Å². The molecule has 0 amide bonds. The summed E-state index contributed by atoms with van der Waals surface area (Å²) in [7, 11) is 1.82. The monoisotopic (exact) mass is 198 g/mol. The average molecular weight is 198 g/mol. The molecule has 6 nitrogen and oxygen atoms in total. The number of carbonyl (C=O) groups is 1. The van der Waals surface area contributed by atoms with Crippen molar-refractivity contribution in [2.45, 2.75) is 19.4 Å². The summed E-state index contributed by atoms with van der Waals surface area (Å²) in [6.45, 7) is 1.36. The number of aromatic nitrogens is 3. The summed E-state index contributed by atoms with van der Waals surface area (Å²) in [4.78, 5) is 10.2. The van der Waals surface area contributed by atoms with Gasteiger partial charge in [-0.1, -0.05) is 5.21 Å². The molecule has 0 unspecified atom stereocenters. The van der Waals surface area contributed by atoms with Crippen LogP contribution in [0.5, 0.6) is 0 Å². The van der Waals surface area contributed by atoms with Crippen LogP contribution < -0.4 is 5.32 Å². The summed E-state index contributed by atoms with van der Waals surface area (Å²) in [6.07, 6.45) is 2.53. The molecule has 2 N–H and O–H groups in total. The number of aliphatic carboxylic acids is 1. The molecule has 0 fully saturated rings.